The minimum atomic E-state index is -0.221. The maximum Gasteiger partial charge on any atom is 0.0801 e. The summed E-state index contributed by atoms with van der Waals surface area (Å²) in [6, 6.07) is 50.5. The molecule has 0 bridgehead atoms. The van der Waals surface area contributed by atoms with E-state index in [0.29, 0.717) is 0 Å². The van der Waals surface area contributed by atoms with Crippen LogP contribution in [-0.2, 0) is 5.41 Å². The van der Waals surface area contributed by atoms with Crippen molar-refractivity contribution < 1.29 is 0 Å². The van der Waals surface area contributed by atoms with Gasteiger partial charge in [-0.1, -0.05) is 117 Å². The molecule has 1 aromatic heterocycles. The quantitative estimate of drug-likeness (QED) is 0.208. The van der Waals surface area contributed by atoms with Crippen molar-refractivity contribution in [1.82, 2.24) is 4.98 Å². The Kier molecular flexibility index (Phi) is 5.52. The number of pyridine rings is 1. The van der Waals surface area contributed by atoms with E-state index in [-0.39, 0.29) is 5.41 Å². The lowest BCUT2D eigenvalue weighted by Crippen LogP contribution is -2.31. The molecule has 2 nitrogen and oxygen atoms in total. The summed E-state index contributed by atoms with van der Waals surface area (Å²) in [7, 11) is 0. The Labute approximate surface area is 246 Å². The largest absolute Gasteiger partial charge is 0.309 e. The van der Waals surface area contributed by atoms with Gasteiger partial charge in [-0.25, -0.2) is 0 Å². The zero-order valence-electron chi connectivity index (χ0n) is 23.8. The number of hydrogen-bond acceptors (Lipinski definition) is 2. The highest BCUT2D eigenvalue weighted by molar-refractivity contribution is 6.14. The van der Waals surface area contributed by atoms with Crippen LogP contribution in [0.25, 0.3) is 43.9 Å². The molecule has 0 unspecified atom stereocenters. The number of nitrogens with zero attached hydrogens (tertiary/aromatic N) is 2. The van der Waals surface area contributed by atoms with Crippen LogP contribution in [0, 0.1) is 0 Å². The van der Waals surface area contributed by atoms with Crippen molar-refractivity contribution >= 4 is 38.7 Å². The highest BCUT2D eigenvalue weighted by Crippen LogP contribution is 2.54. The van der Waals surface area contributed by atoms with Crippen molar-refractivity contribution in [1.29, 1.82) is 0 Å². The van der Waals surface area contributed by atoms with E-state index in [1.807, 2.05) is 12.3 Å². The van der Waals surface area contributed by atoms with Crippen LogP contribution < -0.4 is 4.90 Å². The molecule has 0 atom stereocenters. The normalized spacial score (nSPS) is 13.6. The first kappa shape index (κ1) is 24.6. The zero-order valence-corrected chi connectivity index (χ0v) is 23.8. The molecule has 8 rings (SSSR count). The first-order valence-electron chi connectivity index (χ1n) is 14.6. The lowest BCUT2D eigenvalue weighted by Gasteiger charge is -2.43. The van der Waals surface area contributed by atoms with Crippen molar-refractivity contribution in [3.05, 3.63) is 157 Å². The van der Waals surface area contributed by atoms with Gasteiger partial charge < -0.3 is 4.90 Å². The van der Waals surface area contributed by atoms with E-state index >= 15 is 0 Å². The number of fused-ring (bicyclic) bond motifs is 5. The monoisotopic (exact) mass is 538 g/mol. The summed E-state index contributed by atoms with van der Waals surface area (Å²) < 4.78 is 0. The summed E-state index contributed by atoms with van der Waals surface area (Å²) in [6.07, 6.45) is 1.90. The van der Waals surface area contributed by atoms with Crippen LogP contribution in [0.1, 0.15) is 25.0 Å². The van der Waals surface area contributed by atoms with Gasteiger partial charge in [0.05, 0.1) is 22.6 Å². The fourth-order valence-corrected chi connectivity index (χ4v) is 6.70. The molecular weight excluding hydrogens is 508 g/mol. The Morgan fingerprint density at radius 3 is 1.67 bits per heavy atom. The van der Waals surface area contributed by atoms with Gasteiger partial charge >= 0.3 is 0 Å². The number of anilines is 3. The van der Waals surface area contributed by atoms with E-state index in [0.717, 1.165) is 16.6 Å². The van der Waals surface area contributed by atoms with Crippen molar-refractivity contribution in [3.63, 3.8) is 0 Å². The van der Waals surface area contributed by atoms with Gasteiger partial charge in [-0.2, -0.15) is 0 Å². The zero-order chi connectivity index (χ0) is 28.3. The standard InChI is InChI=1S/C40H30N2/c1-40(2)33-25-31(27-11-5-3-6-12-27)20-22-35(33)42(36-23-21-32(26-34(36)40)28-13-7-4-8-14-28)37-17-9-15-29-18-19-30-16-10-24-41-39(30)38(29)37/h3-26H,1-2H3. The van der Waals surface area contributed by atoms with Crippen LogP contribution in [0.4, 0.5) is 17.1 Å². The van der Waals surface area contributed by atoms with Gasteiger partial charge in [-0.3, -0.25) is 4.98 Å². The molecule has 0 radical (unpaired) electrons. The van der Waals surface area contributed by atoms with E-state index in [4.69, 9.17) is 4.98 Å². The van der Waals surface area contributed by atoms with Crippen molar-refractivity contribution in [3.8, 4) is 22.3 Å². The minimum absolute atomic E-state index is 0.221. The molecule has 1 aliphatic heterocycles. The second kappa shape index (κ2) is 9.43. The van der Waals surface area contributed by atoms with Gasteiger partial charge in [-0.15, -0.1) is 0 Å². The SMILES string of the molecule is CC1(C)c2cc(-c3ccccc3)ccc2N(c2cccc3ccc4cccnc4c23)c2ccc(-c3ccccc3)cc21. The van der Waals surface area contributed by atoms with Crippen LogP contribution in [0.2, 0.25) is 0 Å². The van der Waals surface area contributed by atoms with E-state index < -0.39 is 0 Å². The van der Waals surface area contributed by atoms with E-state index in [1.54, 1.807) is 0 Å². The molecule has 1 aliphatic rings. The number of rotatable bonds is 3. The lowest BCUT2D eigenvalue weighted by atomic mass is 9.72. The van der Waals surface area contributed by atoms with Crippen LogP contribution in [0.5, 0.6) is 0 Å². The number of benzene rings is 6. The average Bonchev–Trinajstić information content (AvgIpc) is 3.05. The van der Waals surface area contributed by atoms with Crippen molar-refractivity contribution in [2.45, 2.75) is 19.3 Å². The van der Waals surface area contributed by atoms with Crippen molar-refractivity contribution in [2.75, 3.05) is 4.90 Å². The molecule has 0 fully saturated rings. The third kappa shape index (κ3) is 3.76. The predicted molar refractivity (Wildman–Crippen MR) is 177 cm³/mol. The molecule has 2 heteroatoms. The van der Waals surface area contributed by atoms with E-state index in [2.05, 4.69) is 152 Å². The maximum atomic E-state index is 4.89. The average molecular weight is 539 g/mol. The Balaban J connectivity index is 1.44. The Bertz CT molecular complexity index is 2020. The molecule has 42 heavy (non-hydrogen) atoms. The van der Waals surface area contributed by atoms with Crippen LogP contribution in [0.15, 0.2) is 146 Å². The molecule has 0 spiro atoms. The molecule has 6 aromatic carbocycles. The second-order valence-corrected chi connectivity index (χ2v) is 11.7. The van der Waals surface area contributed by atoms with Gasteiger partial charge in [0, 0.05) is 22.4 Å². The van der Waals surface area contributed by atoms with Crippen LogP contribution >= 0.6 is 0 Å². The van der Waals surface area contributed by atoms with Crippen LogP contribution in [-0.4, -0.2) is 4.98 Å². The maximum absolute atomic E-state index is 4.89. The summed E-state index contributed by atoms with van der Waals surface area (Å²) >= 11 is 0. The summed E-state index contributed by atoms with van der Waals surface area (Å²) in [5.41, 5.74) is 11.9. The topological polar surface area (TPSA) is 16.1 Å². The fraction of sp³-hybridized carbons (Fsp3) is 0.0750. The minimum Gasteiger partial charge on any atom is -0.309 e. The Morgan fingerprint density at radius 2 is 1.05 bits per heavy atom. The van der Waals surface area contributed by atoms with Gasteiger partial charge in [0.15, 0.2) is 0 Å². The molecule has 7 aromatic rings. The number of hydrogen-bond donors (Lipinski definition) is 0. The van der Waals surface area contributed by atoms with Gasteiger partial charge in [0.1, 0.15) is 0 Å². The third-order valence-electron chi connectivity index (χ3n) is 8.87. The van der Waals surface area contributed by atoms with Crippen LogP contribution in [0.3, 0.4) is 0 Å². The highest BCUT2D eigenvalue weighted by Gasteiger charge is 2.38. The second-order valence-electron chi connectivity index (χ2n) is 11.7. The van der Waals surface area contributed by atoms with E-state index in [9.17, 15) is 0 Å². The first-order chi connectivity index (χ1) is 20.6. The highest BCUT2D eigenvalue weighted by atomic mass is 15.2. The summed E-state index contributed by atoms with van der Waals surface area (Å²) in [5, 5.41) is 3.51. The van der Waals surface area contributed by atoms with Gasteiger partial charge in [-0.05, 0) is 75.2 Å². The number of aromatic nitrogens is 1. The predicted octanol–water partition coefficient (Wildman–Crippen LogP) is 10.8. The molecule has 2 heterocycles. The molecule has 0 aliphatic carbocycles. The fourth-order valence-electron chi connectivity index (χ4n) is 6.70. The molecule has 0 saturated heterocycles. The van der Waals surface area contributed by atoms with Crippen molar-refractivity contribution in [2.24, 2.45) is 0 Å². The third-order valence-corrected chi connectivity index (χ3v) is 8.87. The van der Waals surface area contributed by atoms with Gasteiger partial charge in [0.2, 0.25) is 0 Å². The van der Waals surface area contributed by atoms with Gasteiger partial charge in [0.25, 0.3) is 0 Å². The lowest BCUT2D eigenvalue weighted by molar-refractivity contribution is 0.632. The molecular formula is C40H30N2. The molecule has 0 saturated carbocycles. The summed E-state index contributed by atoms with van der Waals surface area (Å²) in [5.74, 6) is 0. The molecule has 200 valence electrons. The molecule has 0 amide bonds. The molecule has 0 N–H and O–H groups in total. The summed E-state index contributed by atoms with van der Waals surface area (Å²) in [6.45, 7) is 4.73. The smallest absolute Gasteiger partial charge is 0.0801 e. The first-order valence-corrected chi connectivity index (χ1v) is 14.6. The summed E-state index contributed by atoms with van der Waals surface area (Å²) in [4.78, 5) is 7.35. The Morgan fingerprint density at radius 1 is 0.476 bits per heavy atom. The van der Waals surface area contributed by atoms with E-state index in [1.165, 1.54) is 55.5 Å². The Hall–Kier alpha value is -5.21.